The Labute approximate surface area is 128 Å². The number of urea groups is 1. The molecule has 0 spiro atoms. The Bertz CT molecular complexity index is 520. The van der Waals surface area contributed by atoms with Gasteiger partial charge < -0.3 is 15.3 Å². The summed E-state index contributed by atoms with van der Waals surface area (Å²) in [6.45, 7) is 10.4. The number of hydrogen-bond donors (Lipinski definition) is 2. The number of carboxylic acid groups (broad SMARTS) is 1. The van der Waals surface area contributed by atoms with E-state index in [4.69, 9.17) is 5.11 Å². The van der Waals surface area contributed by atoms with Crippen LogP contribution in [0.5, 0.6) is 0 Å². The summed E-state index contributed by atoms with van der Waals surface area (Å²) in [6.07, 6.45) is 2.19. The smallest absolute Gasteiger partial charge is 0.355 e. The molecule has 2 amide bonds. The highest BCUT2D eigenvalue weighted by molar-refractivity contribution is 7.09. The first-order valence-electron chi connectivity index (χ1n) is 6.59. The van der Waals surface area contributed by atoms with Gasteiger partial charge in [0.15, 0.2) is 5.69 Å². The SMILES string of the molecule is C=CCN(C(=O)NCCc1nc(C(=O)O)cs1)C(C)(C)C. The summed E-state index contributed by atoms with van der Waals surface area (Å²) in [7, 11) is 0. The van der Waals surface area contributed by atoms with Gasteiger partial charge in [-0.25, -0.2) is 14.6 Å². The van der Waals surface area contributed by atoms with Crippen molar-refractivity contribution in [1.29, 1.82) is 0 Å². The average Bonchev–Trinajstić information content (AvgIpc) is 2.83. The number of hydrogen-bond acceptors (Lipinski definition) is 4. The van der Waals surface area contributed by atoms with Gasteiger partial charge in [-0.3, -0.25) is 0 Å². The molecule has 0 aliphatic heterocycles. The van der Waals surface area contributed by atoms with Gasteiger partial charge in [0.05, 0.1) is 5.01 Å². The van der Waals surface area contributed by atoms with E-state index in [1.165, 1.54) is 16.7 Å². The molecular weight excluding hydrogens is 290 g/mol. The van der Waals surface area contributed by atoms with Crippen molar-refractivity contribution in [3.05, 3.63) is 28.7 Å². The lowest BCUT2D eigenvalue weighted by molar-refractivity contribution is 0.0691. The minimum Gasteiger partial charge on any atom is -0.476 e. The number of carbonyl (C=O) groups excluding carboxylic acids is 1. The highest BCUT2D eigenvalue weighted by Gasteiger charge is 2.24. The van der Waals surface area contributed by atoms with Crippen LogP contribution < -0.4 is 5.32 Å². The van der Waals surface area contributed by atoms with Crippen molar-refractivity contribution in [2.75, 3.05) is 13.1 Å². The van der Waals surface area contributed by atoms with Crippen LogP contribution >= 0.6 is 11.3 Å². The van der Waals surface area contributed by atoms with Gasteiger partial charge >= 0.3 is 12.0 Å². The lowest BCUT2D eigenvalue weighted by Crippen LogP contribution is -2.50. The predicted octanol–water partition coefficient (Wildman–Crippen LogP) is 2.38. The molecular formula is C14H21N3O3S. The standard InChI is InChI=1S/C14H21N3O3S/c1-5-8-17(14(2,3)4)13(20)15-7-6-11-16-10(9-21-11)12(18)19/h5,9H,1,6-8H2,2-4H3,(H,15,20)(H,18,19). The third-order valence-corrected chi connectivity index (χ3v) is 3.66. The van der Waals surface area contributed by atoms with E-state index in [9.17, 15) is 9.59 Å². The molecule has 0 unspecified atom stereocenters. The molecule has 116 valence electrons. The van der Waals surface area contributed by atoms with E-state index in [2.05, 4.69) is 16.9 Å². The van der Waals surface area contributed by atoms with Gasteiger partial charge in [-0.15, -0.1) is 17.9 Å². The number of carboxylic acids is 1. The maximum absolute atomic E-state index is 12.1. The first kappa shape index (κ1) is 17.2. The number of amides is 2. The third kappa shape index (κ3) is 5.18. The fourth-order valence-corrected chi connectivity index (χ4v) is 2.46. The van der Waals surface area contributed by atoms with E-state index in [1.54, 1.807) is 11.0 Å². The molecule has 6 nitrogen and oxygen atoms in total. The summed E-state index contributed by atoms with van der Waals surface area (Å²) in [5.41, 5.74) is -0.250. The van der Waals surface area contributed by atoms with Crippen molar-refractivity contribution in [2.45, 2.75) is 32.7 Å². The lowest BCUT2D eigenvalue weighted by Gasteiger charge is -2.34. The topological polar surface area (TPSA) is 82.5 Å². The number of aromatic nitrogens is 1. The molecule has 0 saturated carbocycles. The molecule has 0 aliphatic rings. The van der Waals surface area contributed by atoms with Gasteiger partial charge in [-0.05, 0) is 20.8 Å². The van der Waals surface area contributed by atoms with Crippen LogP contribution in [0, 0.1) is 0 Å². The molecule has 0 saturated heterocycles. The number of nitrogens with one attached hydrogen (secondary N) is 1. The normalized spacial score (nSPS) is 11.0. The highest BCUT2D eigenvalue weighted by atomic mass is 32.1. The van der Waals surface area contributed by atoms with E-state index >= 15 is 0 Å². The van der Waals surface area contributed by atoms with Crippen LogP contribution in [0.2, 0.25) is 0 Å². The van der Waals surface area contributed by atoms with Crippen molar-refractivity contribution in [2.24, 2.45) is 0 Å². The third-order valence-electron chi connectivity index (χ3n) is 2.75. The second kappa shape index (κ2) is 7.21. The number of rotatable bonds is 6. The highest BCUT2D eigenvalue weighted by Crippen LogP contribution is 2.13. The monoisotopic (exact) mass is 311 g/mol. The molecule has 21 heavy (non-hydrogen) atoms. The molecule has 0 aromatic carbocycles. The average molecular weight is 311 g/mol. The largest absolute Gasteiger partial charge is 0.476 e. The van der Waals surface area contributed by atoms with Crippen LogP contribution in [0.4, 0.5) is 4.79 Å². The van der Waals surface area contributed by atoms with Crippen LogP contribution in [0.25, 0.3) is 0 Å². The minimum atomic E-state index is -1.04. The molecule has 7 heteroatoms. The van der Waals surface area contributed by atoms with Crippen LogP contribution in [0.3, 0.4) is 0 Å². The summed E-state index contributed by atoms with van der Waals surface area (Å²) in [5.74, 6) is -1.04. The van der Waals surface area contributed by atoms with Gasteiger partial charge in [0.25, 0.3) is 0 Å². The maximum Gasteiger partial charge on any atom is 0.355 e. The van der Waals surface area contributed by atoms with Crippen molar-refractivity contribution in [3.8, 4) is 0 Å². The zero-order valence-electron chi connectivity index (χ0n) is 12.5. The quantitative estimate of drug-likeness (QED) is 0.790. The zero-order valence-corrected chi connectivity index (χ0v) is 13.4. The van der Waals surface area contributed by atoms with Gasteiger partial charge in [0.2, 0.25) is 0 Å². The predicted molar refractivity (Wildman–Crippen MR) is 82.8 cm³/mol. The Morgan fingerprint density at radius 3 is 2.67 bits per heavy atom. The van der Waals surface area contributed by atoms with Crippen LogP contribution in [0.1, 0.15) is 36.3 Å². The van der Waals surface area contributed by atoms with Crippen LogP contribution in [-0.4, -0.2) is 45.6 Å². The molecule has 1 rings (SSSR count). The first-order chi connectivity index (χ1) is 9.75. The Kier molecular flexibility index (Phi) is 5.90. The molecule has 1 aromatic rings. The van der Waals surface area contributed by atoms with E-state index in [0.29, 0.717) is 24.5 Å². The van der Waals surface area contributed by atoms with E-state index in [0.717, 1.165) is 0 Å². The fourth-order valence-electron chi connectivity index (χ4n) is 1.69. The Morgan fingerprint density at radius 1 is 1.52 bits per heavy atom. The van der Waals surface area contributed by atoms with Gasteiger partial charge in [-0.1, -0.05) is 6.08 Å². The molecule has 0 atom stereocenters. The molecule has 0 radical (unpaired) electrons. The van der Waals surface area contributed by atoms with Crippen molar-refractivity contribution in [1.82, 2.24) is 15.2 Å². The number of thiazole rings is 1. The van der Waals surface area contributed by atoms with Crippen LogP contribution in [-0.2, 0) is 6.42 Å². The van der Waals surface area contributed by atoms with Crippen molar-refractivity contribution in [3.63, 3.8) is 0 Å². The number of aromatic carboxylic acids is 1. The Morgan fingerprint density at radius 2 is 2.19 bits per heavy atom. The van der Waals surface area contributed by atoms with Crippen molar-refractivity contribution < 1.29 is 14.7 Å². The van der Waals surface area contributed by atoms with Crippen LogP contribution in [0.15, 0.2) is 18.0 Å². The van der Waals surface area contributed by atoms with E-state index < -0.39 is 5.97 Å². The van der Waals surface area contributed by atoms with Gasteiger partial charge in [0.1, 0.15) is 0 Å². The number of nitrogens with zero attached hydrogens (tertiary/aromatic N) is 2. The van der Waals surface area contributed by atoms with Crippen molar-refractivity contribution >= 4 is 23.3 Å². The maximum atomic E-state index is 12.1. The van der Waals surface area contributed by atoms with E-state index in [-0.39, 0.29) is 17.3 Å². The summed E-state index contributed by atoms with van der Waals surface area (Å²) >= 11 is 1.28. The summed E-state index contributed by atoms with van der Waals surface area (Å²) in [4.78, 5) is 28.5. The van der Waals surface area contributed by atoms with Gasteiger partial charge in [0, 0.05) is 30.4 Å². The molecule has 1 heterocycles. The van der Waals surface area contributed by atoms with Gasteiger partial charge in [-0.2, -0.15) is 0 Å². The second-order valence-electron chi connectivity index (χ2n) is 5.48. The minimum absolute atomic E-state index is 0.0456. The second-order valence-corrected chi connectivity index (χ2v) is 6.43. The summed E-state index contributed by atoms with van der Waals surface area (Å²) in [6, 6.07) is -0.169. The zero-order chi connectivity index (χ0) is 16.0. The fraction of sp³-hybridized carbons (Fsp3) is 0.500. The first-order valence-corrected chi connectivity index (χ1v) is 7.47. The molecule has 0 fully saturated rings. The molecule has 1 aromatic heterocycles. The number of carbonyl (C=O) groups is 2. The summed E-state index contributed by atoms with van der Waals surface area (Å²) in [5, 5.41) is 13.8. The van der Waals surface area contributed by atoms with E-state index in [1.807, 2.05) is 20.8 Å². The lowest BCUT2D eigenvalue weighted by atomic mass is 10.1. The molecule has 2 N–H and O–H groups in total. The Hall–Kier alpha value is -1.89. The Balaban J connectivity index is 2.51. The summed E-state index contributed by atoms with van der Waals surface area (Å²) < 4.78 is 0. The molecule has 0 aliphatic carbocycles. The molecule has 0 bridgehead atoms.